The second-order valence-corrected chi connectivity index (χ2v) is 4.97. The number of nitrogens with zero attached hydrogens (tertiary/aromatic N) is 3. The molecule has 0 fully saturated rings. The van der Waals surface area contributed by atoms with Gasteiger partial charge in [-0.05, 0) is 24.3 Å². The lowest BCUT2D eigenvalue weighted by molar-refractivity contribution is 0.319. The van der Waals surface area contributed by atoms with E-state index in [1.807, 2.05) is 0 Å². The highest BCUT2D eigenvalue weighted by atomic mass is 16.5. The summed E-state index contributed by atoms with van der Waals surface area (Å²) in [5.41, 5.74) is 2.94. The quantitative estimate of drug-likeness (QED) is 0.660. The van der Waals surface area contributed by atoms with Gasteiger partial charge in [-0.3, -0.25) is 5.32 Å². The zero-order valence-corrected chi connectivity index (χ0v) is 11.1. The molecular weight excluding hydrogens is 270 g/mol. The molecule has 0 amide bonds. The standard InChI is InChI=1S/C14H13N5O2/c20-9-3-1-8(2-4-9)13-18-14(21-19-13)11-5-10-12(6-15-11)17-7-16-10/h1-4,7,11,15,20H,5-6H2,(H,16,17). The van der Waals surface area contributed by atoms with Gasteiger partial charge in [0.1, 0.15) is 5.75 Å². The molecule has 1 atom stereocenters. The third kappa shape index (κ3) is 2.17. The first-order valence-corrected chi connectivity index (χ1v) is 6.67. The van der Waals surface area contributed by atoms with Crippen LogP contribution in [-0.2, 0) is 13.0 Å². The number of phenols is 1. The van der Waals surface area contributed by atoms with Crippen LogP contribution >= 0.6 is 0 Å². The van der Waals surface area contributed by atoms with Crippen LogP contribution in [0.1, 0.15) is 23.3 Å². The average molecular weight is 283 g/mol. The van der Waals surface area contributed by atoms with Crippen molar-refractivity contribution in [1.82, 2.24) is 25.4 Å². The zero-order valence-electron chi connectivity index (χ0n) is 11.1. The summed E-state index contributed by atoms with van der Waals surface area (Å²) in [6.07, 6.45) is 2.42. The molecule has 1 unspecified atom stereocenters. The van der Waals surface area contributed by atoms with E-state index < -0.39 is 0 Å². The summed E-state index contributed by atoms with van der Waals surface area (Å²) in [6.45, 7) is 0.705. The maximum atomic E-state index is 9.30. The first-order chi connectivity index (χ1) is 10.3. The average Bonchev–Trinajstić information content (AvgIpc) is 3.16. The predicted octanol–water partition coefficient (Wildman–Crippen LogP) is 1.55. The zero-order chi connectivity index (χ0) is 14.2. The Bertz CT molecular complexity index is 762. The van der Waals surface area contributed by atoms with Crippen LogP contribution in [0, 0.1) is 0 Å². The lowest BCUT2D eigenvalue weighted by Gasteiger charge is -2.19. The van der Waals surface area contributed by atoms with Crippen LogP contribution < -0.4 is 5.32 Å². The molecule has 106 valence electrons. The van der Waals surface area contributed by atoms with E-state index in [1.54, 1.807) is 30.6 Å². The van der Waals surface area contributed by atoms with Gasteiger partial charge in [-0.15, -0.1) is 0 Å². The largest absolute Gasteiger partial charge is 0.508 e. The summed E-state index contributed by atoms with van der Waals surface area (Å²) in [7, 11) is 0. The minimum atomic E-state index is -0.0286. The molecule has 7 nitrogen and oxygen atoms in total. The van der Waals surface area contributed by atoms with Gasteiger partial charge in [0.05, 0.1) is 23.8 Å². The highest BCUT2D eigenvalue weighted by molar-refractivity contribution is 5.55. The third-order valence-corrected chi connectivity index (χ3v) is 3.60. The van der Waals surface area contributed by atoms with Gasteiger partial charge in [0.15, 0.2) is 0 Å². The maximum Gasteiger partial charge on any atom is 0.244 e. The first-order valence-electron chi connectivity index (χ1n) is 6.67. The molecule has 2 aromatic heterocycles. The number of phenolic OH excluding ortho intramolecular Hbond substituents is 1. The van der Waals surface area contributed by atoms with Gasteiger partial charge in [0.2, 0.25) is 11.7 Å². The Labute approximate surface area is 120 Å². The first kappa shape index (κ1) is 12.1. The van der Waals surface area contributed by atoms with Crippen molar-refractivity contribution in [1.29, 1.82) is 0 Å². The topological polar surface area (TPSA) is 99.9 Å². The molecule has 21 heavy (non-hydrogen) atoms. The number of hydrogen-bond donors (Lipinski definition) is 3. The monoisotopic (exact) mass is 283 g/mol. The number of nitrogens with one attached hydrogen (secondary N) is 2. The number of rotatable bonds is 2. The van der Waals surface area contributed by atoms with Crippen molar-refractivity contribution in [2.45, 2.75) is 19.0 Å². The molecule has 0 spiro atoms. The van der Waals surface area contributed by atoms with Crippen LogP contribution in [0.4, 0.5) is 0 Å². The number of benzene rings is 1. The highest BCUT2D eigenvalue weighted by Crippen LogP contribution is 2.25. The number of hydrogen-bond acceptors (Lipinski definition) is 6. The fraction of sp³-hybridized carbons (Fsp3) is 0.214. The summed E-state index contributed by atoms with van der Waals surface area (Å²) in [6, 6.07) is 6.67. The Morgan fingerprint density at radius 3 is 2.95 bits per heavy atom. The van der Waals surface area contributed by atoms with E-state index >= 15 is 0 Å². The van der Waals surface area contributed by atoms with Gasteiger partial charge in [0, 0.05) is 18.5 Å². The minimum Gasteiger partial charge on any atom is -0.508 e. The molecule has 4 rings (SSSR count). The van der Waals surface area contributed by atoms with Crippen LogP contribution in [0.15, 0.2) is 35.1 Å². The summed E-state index contributed by atoms with van der Waals surface area (Å²) in [5, 5.41) is 16.6. The molecule has 0 bridgehead atoms. The van der Waals surface area contributed by atoms with Crippen LogP contribution in [0.3, 0.4) is 0 Å². The Morgan fingerprint density at radius 2 is 2.10 bits per heavy atom. The van der Waals surface area contributed by atoms with Crippen molar-refractivity contribution in [2.75, 3.05) is 0 Å². The molecule has 7 heteroatoms. The van der Waals surface area contributed by atoms with Crippen LogP contribution in [0.5, 0.6) is 5.75 Å². The molecule has 3 heterocycles. The fourth-order valence-electron chi connectivity index (χ4n) is 2.45. The highest BCUT2D eigenvalue weighted by Gasteiger charge is 2.26. The number of aromatic nitrogens is 4. The predicted molar refractivity (Wildman–Crippen MR) is 73.3 cm³/mol. The van der Waals surface area contributed by atoms with Gasteiger partial charge in [-0.2, -0.15) is 4.98 Å². The normalized spacial score (nSPS) is 17.6. The molecule has 0 saturated carbocycles. The van der Waals surface area contributed by atoms with E-state index in [2.05, 4.69) is 25.4 Å². The Morgan fingerprint density at radius 1 is 1.24 bits per heavy atom. The Balaban J connectivity index is 1.59. The third-order valence-electron chi connectivity index (χ3n) is 3.60. The maximum absolute atomic E-state index is 9.30. The summed E-state index contributed by atoms with van der Waals surface area (Å²) in [5.74, 6) is 1.27. The lowest BCUT2D eigenvalue weighted by Crippen LogP contribution is -2.28. The summed E-state index contributed by atoms with van der Waals surface area (Å²) in [4.78, 5) is 11.8. The molecule has 0 saturated heterocycles. The van der Waals surface area contributed by atoms with Gasteiger partial charge in [-0.1, -0.05) is 5.16 Å². The van der Waals surface area contributed by atoms with E-state index in [9.17, 15) is 5.11 Å². The summed E-state index contributed by atoms with van der Waals surface area (Å²) >= 11 is 0. The van der Waals surface area contributed by atoms with E-state index in [-0.39, 0.29) is 11.8 Å². The van der Waals surface area contributed by atoms with E-state index in [0.717, 1.165) is 23.4 Å². The fourth-order valence-corrected chi connectivity index (χ4v) is 2.45. The number of aromatic amines is 1. The number of aromatic hydroxyl groups is 1. The van der Waals surface area contributed by atoms with E-state index in [1.165, 1.54) is 0 Å². The Kier molecular flexibility index (Phi) is 2.71. The van der Waals surface area contributed by atoms with Crippen molar-refractivity contribution in [3.8, 4) is 17.1 Å². The van der Waals surface area contributed by atoms with Crippen molar-refractivity contribution in [3.63, 3.8) is 0 Å². The van der Waals surface area contributed by atoms with Crippen molar-refractivity contribution >= 4 is 0 Å². The van der Waals surface area contributed by atoms with E-state index in [4.69, 9.17) is 4.52 Å². The second kappa shape index (κ2) is 4.71. The number of H-pyrrole nitrogens is 1. The van der Waals surface area contributed by atoms with Crippen LogP contribution in [-0.4, -0.2) is 25.2 Å². The molecule has 1 aromatic carbocycles. The Hall–Kier alpha value is -2.67. The molecule has 3 aromatic rings. The van der Waals surface area contributed by atoms with Gasteiger partial charge in [0.25, 0.3) is 0 Å². The number of fused-ring (bicyclic) bond motifs is 1. The van der Waals surface area contributed by atoms with Crippen molar-refractivity contribution in [3.05, 3.63) is 47.9 Å². The molecule has 3 N–H and O–H groups in total. The number of imidazole rings is 1. The molecule has 1 aliphatic rings. The van der Waals surface area contributed by atoms with Crippen LogP contribution in [0.25, 0.3) is 11.4 Å². The second-order valence-electron chi connectivity index (χ2n) is 4.97. The van der Waals surface area contributed by atoms with E-state index in [0.29, 0.717) is 18.3 Å². The lowest BCUT2D eigenvalue weighted by atomic mass is 10.1. The van der Waals surface area contributed by atoms with Crippen molar-refractivity contribution in [2.24, 2.45) is 0 Å². The molecule has 0 aliphatic carbocycles. The van der Waals surface area contributed by atoms with Crippen LogP contribution in [0.2, 0.25) is 0 Å². The van der Waals surface area contributed by atoms with Gasteiger partial charge < -0.3 is 14.6 Å². The minimum absolute atomic E-state index is 0.0286. The molecular formula is C14H13N5O2. The van der Waals surface area contributed by atoms with Crippen molar-refractivity contribution < 1.29 is 9.63 Å². The smallest absolute Gasteiger partial charge is 0.244 e. The van der Waals surface area contributed by atoms with Gasteiger partial charge in [-0.25, -0.2) is 4.98 Å². The summed E-state index contributed by atoms with van der Waals surface area (Å²) < 4.78 is 5.36. The SMILES string of the molecule is Oc1ccc(-c2noc(C3Cc4nc[nH]c4CN3)n2)cc1. The molecule has 1 aliphatic heterocycles. The van der Waals surface area contributed by atoms with Gasteiger partial charge >= 0.3 is 0 Å². The molecule has 0 radical (unpaired) electrons.